The van der Waals surface area contributed by atoms with Gasteiger partial charge in [-0.15, -0.1) is 10.0 Å². The van der Waals surface area contributed by atoms with Crippen LogP contribution >= 0.6 is 0 Å². The van der Waals surface area contributed by atoms with E-state index in [1.54, 1.807) is 5.01 Å². The molecule has 0 aliphatic carbocycles. The molecule has 0 heterocycles. The first-order valence-corrected chi connectivity index (χ1v) is 6.99. The lowest BCUT2D eigenvalue weighted by atomic mass is 10.2. The summed E-state index contributed by atoms with van der Waals surface area (Å²) in [6, 6.07) is 28.7. The molecule has 4 heteroatoms. The van der Waals surface area contributed by atoms with Crippen molar-refractivity contribution < 1.29 is 0 Å². The number of benzene rings is 3. The van der Waals surface area contributed by atoms with Crippen molar-refractivity contribution in [1.29, 1.82) is 0 Å². The first-order chi connectivity index (χ1) is 10.9. The zero-order valence-corrected chi connectivity index (χ0v) is 11.9. The van der Waals surface area contributed by atoms with Gasteiger partial charge in [0.25, 0.3) is 0 Å². The first kappa shape index (κ1) is 13.8. The van der Waals surface area contributed by atoms with Crippen LogP contribution in [0, 0.1) is 4.91 Å². The maximum Gasteiger partial charge on any atom is 0.0873 e. The molecule has 3 rings (SSSR count). The van der Waals surface area contributed by atoms with E-state index in [1.165, 1.54) is 5.12 Å². The van der Waals surface area contributed by atoms with Crippen LogP contribution in [0.25, 0.3) is 0 Å². The van der Waals surface area contributed by atoms with E-state index in [0.29, 0.717) is 5.69 Å². The zero-order chi connectivity index (χ0) is 15.2. The molecule has 0 radical (unpaired) electrons. The van der Waals surface area contributed by atoms with E-state index >= 15 is 0 Å². The summed E-state index contributed by atoms with van der Waals surface area (Å²) in [6.45, 7) is 0. The van der Waals surface area contributed by atoms with Crippen LogP contribution in [0.2, 0.25) is 0 Å². The summed E-state index contributed by atoms with van der Waals surface area (Å²) in [5.74, 6) is 0. The third kappa shape index (κ3) is 2.81. The summed E-state index contributed by atoms with van der Waals surface area (Å²) in [5, 5.41) is 6.35. The van der Waals surface area contributed by atoms with Crippen molar-refractivity contribution in [2.45, 2.75) is 0 Å². The fourth-order valence-electron chi connectivity index (χ4n) is 2.27. The lowest BCUT2D eigenvalue weighted by Crippen LogP contribution is -2.34. The van der Waals surface area contributed by atoms with Gasteiger partial charge in [-0.05, 0) is 36.4 Å². The van der Waals surface area contributed by atoms with Crippen LogP contribution in [0.3, 0.4) is 0 Å². The molecule has 0 N–H and O–H groups in total. The van der Waals surface area contributed by atoms with Gasteiger partial charge in [0.1, 0.15) is 0 Å². The van der Waals surface area contributed by atoms with Crippen molar-refractivity contribution in [2.75, 3.05) is 10.1 Å². The number of nitrogens with zero attached hydrogens (tertiary/aromatic N) is 3. The highest BCUT2D eigenvalue weighted by atomic mass is 16.3. The number of anilines is 3. The summed E-state index contributed by atoms with van der Waals surface area (Å²) in [5.41, 5.74) is 2.42. The molecule has 0 amide bonds. The molecular formula is C18H15N3O. The first-order valence-electron chi connectivity index (χ1n) is 6.99. The van der Waals surface area contributed by atoms with E-state index in [2.05, 4.69) is 5.29 Å². The van der Waals surface area contributed by atoms with Gasteiger partial charge in [-0.1, -0.05) is 54.6 Å². The second kappa shape index (κ2) is 6.54. The third-order valence-corrected chi connectivity index (χ3v) is 3.26. The standard InChI is InChI=1S/C18H15N3O/c22-19-21(18-14-8-3-9-15-18)20(16-10-4-1-5-11-16)17-12-6-2-7-13-17/h1-15H. The molecule has 0 spiro atoms. The van der Waals surface area contributed by atoms with Gasteiger partial charge in [0.2, 0.25) is 0 Å². The van der Waals surface area contributed by atoms with Gasteiger partial charge in [-0.3, -0.25) is 0 Å². The smallest absolute Gasteiger partial charge is 0.0873 e. The molecule has 0 atom stereocenters. The predicted molar refractivity (Wildman–Crippen MR) is 89.7 cm³/mol. The van der Waals surface area contributed by atoms with Crippen LogP contribution in [0.4, 0.5) is 17.1 Å². The van der Waals surface area contributed by atoms with Gasteiger partial charge in [0.05, 0.1) is 22.3 Å². The molecule has 0 bridgehead atoms. The fourth-order valence-corrected chi connectivity index (χ4v) is 2.27. The summed E-state index contributed by atoms with van der Waals surface area (Å²) >= 11 is 0. The Balaban J connectivity index is 2.11. The van der Waals surface area contributed by atoms with Gasteiger partial charge in [-0.2, -0.15) is 0 Å². The van der Waals surface area contributed by atoms with Crippen molar-refractivity contribution in [3.8, 4) is 0 Å². The van der Waals surface area contributed by atoms with E-state index in [1.807, 2.05) is 91.0 Å². The molecular weight excluding hydrogens is 274 g/mol. The number of para-hydroxylation sites is 3. The maximum absolute atomic E-state index is 11.5. The largest absolute Gasteiger partial charge is 0.231 e. The molecule has 4 nitrogen and oxygen atoms in total. The lowest BCUT2D eigenvalue weighted by Gasteiger charge is -2.31. The van der Waals surface area contributed by atoms with Crippen molar-refractivity contribution in [1.82, 2.24) is 0 Å². The average Bonchev–Trinajstić information content (AvgIpc) is 2.62. The van der Waals surface area contributed by atoms with Gasteiger partial charge in [0.15, 0.2) is 0 Å². The van der Waals surface area contributed by atoms with E-state index in [9.17, 15) is 4.91 Å². The Morgan fingerprint density at radius 3 is 1.27 bits per heavy atom. The van der Waals surface area contributed by atoms with E-state index in [0.717, 1.165) is 11.4 Å². The summed E-state index contributed by atoms with van der Waals surface area (Å²) in [7, 11) is 0. The second-order valence-corrected chi connectivity index (χ2v) is 4.69. The van der Waals surface area contributed by atoms with Crippen molar-refractivity contribution in [3.63, 3.8) is 0 Å². The van der Waals surface area contributed by atoms with E-state index < -0.39 is 0 Å². The second-order valence-electron chi connectivity index (χ2n) is 4.69. The Labute approximate surface area is 129 Å². The van der Waals surface area contributed by atoms with Crippen LogP contribution in [0.5, 0.6) is 0 Å². The molecule has 0 saturated carbocycles. The molecule has 0 aliphatic rings. The molecule has 0 aliphatic heterocycles. The normalized spacial score (nSPS) is 10.0. The molecule has 22 heavy (non-hydrogen) atoms. The van der Waals surface area contributed by atoms with Crippen LogP contribution < -0.4 is 10.1 Å². The minimum absolute atomic E-state index is 0.699. The highest BCUT2D eigenvalue weighted by Gasteiger charge is 2.19. The quantitative estimate of drug-likeness (QED) is 0.493. The maximum atomic E-state index is 11.5. The third-order valence-electron chi connectivity index (χ3n) is 3.26. The number of rotatable bonds is 5. The molecule has 3 aromatic carbocycles. The summed E-state index contributed by atoms with van der Waals surface area (Å²) in [4.78, 5) is 11.5. The lowest BCUT2D eigenvalue weighted by molar-refractivity contribution is 0.861. The van der Waals surface area contributed by atoms with Gasteiger partial charge in [-0.25, -0.2) is 5.01 Å². The number of nitroso groups, excluding NO2 is 1. The Morgan fingerprint density at radius 1 is 0.545 bits per heavy atom. The number of hydrogen-bond acceptors (Lipinski definition) is 3. The minimum Gasteiger partial charge on any atom is -0.231 e. The van der Waals surface area contributed by atoms with Gasteiger partial charge >= 0.3 is 0 Å². The molecule has 0 unspecified atom stereocenters. The Hall–Kier alpha value is -3.14. The molecule has 0 aromatic heterocycles. The SMILES string of the molecule is O=NN(c1ccccc1)N(c1ccccc1)c1ccccc1. The Morgan fingerprint density at radius 2 is 0.909 bits per heavy atom. The van der Waals surface area contributed by atoms with Crippen LogP contribution in [-0.2, 0) is 0 Å². The Bertz CT molecular complexity index is 678. The summed E-state index contributed by atoms with van der Waals surface area (Å²) in [6.07, 6.45) is 0. The number of hydrogen-bond donors (Lipinski definition) is 0. The van der Waals surface area contributed by atoms with Crippen LogP contribution in [-0.4, -0.2) is 0 Å². The van der Waals surface area contributed by atoms with Gasteiger partial charge in [0, 0.05) is 0 Å². The average molecular weight is 289 g/mol. The summed E-state index contributed by atoms with van der Waals surface area (Å²) < 4.78 is 0. The van der Waals surface area contributed by atoms with Gasteiger partial charge < -0.3 is 0 Å². The van der Waals surface area contributed by atoms with Crippen LogP contribution in [0.1, 0.15) is 0 Å². The minimum atomic E-state index is 0.699. The van der Waals surface area contributed by atoms with Crippen molar-refractivity contribution in [2.24, 2.45) is 5.29 Å². The van der Waals surface area contributed by atoms with Crippen molar-refractivity contribution >= 4 is 17.1 Å². The topological polar surface area (TPSA) is 35.9 Å². The fraction of sp³-hybridized carbons (Fsp3) is 0. The van der Waals surface area contributed by atoms with Crippen LogP contribution in [0.15, 0.2) is 96.3 Å². The molecule has 3 aromatic rings. The predicted octanol–water partition coefficient (Wildman–Crippen LogP) is 4.93. The number of hydrazine groups is 1. The van der Waals surface area contributed by atoms with Crippen molar-refractivity contribution in [3.05, 3.63) is 95.9 Å². The van der Waals surface area contributed by atoms with E-state index in [-0.39, 0.29) is 0 Å². The highest BCUT2D eigenvalue weighted by Crippen LogP contribution is 2.30. The molecule has 0 fully saturated rings. The monoisotopic (exact) mass is 289 g/mol. The van der Waals surface area contributed by atoms with E-state index in [4.69, 9.17) is 0 Å². The zero-order valence-electron chi connectivity index (χ0n) is 11.9. The molecule has 0 saturated heterocycles. The molecule has 108 valence electrons. The Kier molecular flexibility index (Phi) is 4.11. The highest BCUT2D eigenvalue weighted by molar-refractivity contribution is 5.69.